The van der Waals surface area contributed by atoms with E-state index in [4.69, 9.17) is 16.2 Å². The predicted octanol–water partition coefficient (Wildman–Crippen LogP) is 4.28. The van der Waals surface area contributed by atoms with E-state index in [1.165, 1.54) is 11.3 Å². The normalized spacial score (nSPS) is 11.7. The summed E-state index contributed by atoms with van der Waals surface area (Å²) in [7, 11) is 0. The summed E-state index contributed by atoms with van der Waals surface area (Å²) in [6, 6.07) is 1.83. The molecule has 0 aliphatic heterocycles. The molecule has 1 aromatic heterocycles. The summed E-state index contributed by atoms with van der Waals surface area (Å²) in [6.45, 7) is 3.64. The predicted molar refractivity (Wildman–Crippen MR) is 65.5 cm³/mol. The van der Waals surface area contributed by atoms with Crippen molar-refractivity contribution in [3.8, 4) is 0 Å². The minimum atomic E-state index is 0.469. The number of rotatable bonds is 5. The van der Waals surface area contributed by atoms with Gasteiger partial charge in [0.1, 0.15) is 12.2 Å². The van der Waals surface area contributed by atoms with Crippen molar-refractivity contribution in [2.45, 2.75) is 12.8 Å². The number of allylic oxidation sites excluding steroid dienone is 1. The molecule has 0 saturated heterocycles. The Hall–Kier alpha value is -0.290. The highest BCUT2D eigenvalue weighted by Gasteiger charge is 2.09. The van der Waals surface area contributed by atoms with Crippen molar-refractivity contribution in [3.05, 3.63) is 34.0 Å². The van der Waals surface area contributed by atoms with Crippen LogP contribution in [0.1, 0.15) is 17.7 Å². The van der Waals surface area contributed by atoms with Crippen LogP contribution in [-0.4, -0.2) is 10.3 Å². The van der Waals surface area contributed by atoms with Crippen LogP contribution in [0.3, 0.4) is 0 Å². The van der Waals surface area contributed by atoms with Gasteiger partial charge in [-0.25, -0.2) is 0 Å². The molecule has 0 radical (unpaired) electrons. The van der Waals surface area contributed by atoms with Gasteiger partial charge >= 0.3 is 0 Å². The van der Waals surface area contributed by atoms with Crippen molar-refractivity contribution in [1.29, 1.82) is 0 Å². The van der Waals surface area contributed by atoms with Gasteiger partial charge in [-0.15, -0.1) is 17.9 Å². The van der Waals surface area contributed by atoms with Crippen LogP contribution < -0.4 is 0 Å². The highest BCUT2D eigenvalue weighted by Crippen LogP contribution is 2.25. The molecule has 14 heavy (non-hydrogen) atoms. The molecule has 1 rings (SSSR count). The van der Waals surface area contributed by atoms with E-state index in [-0.39, 0.29) is 0 Å². The molecule has 0 fully saturated rings. The lowest BCUT2D eigenvalue weighted by atomic mass is 10.2. The Kier molecular flexibility index (Phi) is 5.25. The molecule has 1 heterocycles. The first-order valence-electron chi connectivity index (χ1n) is 4.01. The van der Waals surface area contributed by atoms with Crippen LogP contribution in [0.15, 0.2) is 28.5 Å². The number of thiophene rings is 1. The molecule has 76 valence electrons. The van der Waals surface area contributed by atoms with Gasteiger partial charge in [0, 0.05) is 0 Å². The second-order valence-electron chi connectivity index (χ2n) is 2.54. The average Bonchev–Trinajstić information content (AvgIpc) is 2.59. The Labute approximate surface area is 96.7 Å². The Balaban J connectivity index is 2.83. The minimum absolute atomic E-state index is 0.469. The SMILES string of the molecule is C=CCCC(=NSO)c1sccc1Cl. The number of hydrogen-bond donors (Lipinski definition) is 1. The summed E-state index contributed by atoms with van der Waals surface area (Å²) in [5.41, 5.74) is 0.817. The topological polar surface area (TPSA) is 32.6 Å². The van der Waals surface area contributed by atoms with Gasteiger partial charge in [-0.05, 0) is 24.3 Å². The van der Waals surface area contributed by atoms with Gasteiger partial charge in [0.15, 0.2) is 0 Å². The Morgan fingerprint density at radius 1 is 1.79 bits per heavy atom. The minimum Gasteiger partial charge on any atom is -0.311 e. The second-order valence-corrected chi connectivity index (χ2v) is 4.21. The quantitative estimate of drug-likeness (QED) is 0.365. The number of halogens is 1. The van der Waals surface area contributed by atoms with Crippen LogP contribution in [0, 0.1) is 0 Å². The maximum absolute atomic E-state index is 8.69. The van der Waals surface area contributed by atoms with Crippen LogP contribution in [0.25, 0.3) is 0 Å². The molecular weight excluding hydrogens is 238 g/mol. The molecule has 5 heteroatoms. The highest BCUT2D eigenvalue weighted by atomic mass is 35.5. The van der Waals surface area contributed by atoms with E-state index in [1.54, 1.807) is 0 Å². The van der Waals surface area contributed by atoms with Crippen molar-refractivity contribution in [2.75, 3.05) is 0 Å². The second kappa shape index (κ2) is 6.24. The van der Waals surface area contributed by atoms with Crippen molar-refractivity contribution < 1.29 is 4.55 Å². The van der Waals surface area contributed by atoms with Crippen molar-refractivity contribution in [1.82, 2.24) is 0 Å². The van der Waals surface area contributed by atoms with Gasteiger partial charge in [-0.1, -0.05) is 17.7 Å². The van der Waals surface area contributed by atoms with Crippen molar-refractivity contribution in [3.63, 3.8) is 0 Å². The molecule has 0 unspecified atom stereocenters. The fourth-order valence-corrected chi connectivity index (χ4v) is 2.51. The van der Waals surface area contributed by atoms with Crippen LogP contribution in [0.5, 0.6) is 0 Å². The Morgan fingerprint density at radius 3 is 3.07 bits per heavy atom. The summed E-state index contributed by atoms with van der Waals surface area (Å²) in [4.78, 5) is 0.926. The Morgan fingerprint density at radius 2 is 2.57 bits per heavy atom. The molecule has 0 atom stereocenters. The molecule has 2 nitrogen and oxygen atoms in total. The van der Waals surface area contributed by atoms with E-state index in [1.807, 2.05) is 17.5 Å². The van der Waals surface area contributed by atoms with Crippen molar-refractivity contribution >= 4 is 40.9 Å². The van der Waals surface area contributed by atoms with E-state index in [0.717, 1.165) is 23.4 Å². The van der Waals surface area contributed by atoms with Gasteiger partial charge in [0.05, 0.1) is 15.6 Å². The van der Waals surface area contributed by atoms with Gasteiger partial charge in [-0.3, -0.25) is 0 Å². The van der Waals surface area contributed by atoms with Crippen LogP contribution in [0.2, 0.25) is 5.02 Å². The zero-order chi connectivity index (χ0) is 10.4. The monoisotopic (exact) mass is 247 g/mol. The van der Waals surface area contributed by atoms with Gasteiger partial charge in [0.2, 0.25) is 0 Å². The summed E-state index contributed by atoms with van der Waals surface area (Å²) >= 11 is 7.96. The molecule has 0 aliphatic rings. The third kappa shape index (κ3) is 3.13. The molecule has 0 bridgehead atoms. The Bertz CT molecular complexity index is 335. The summed E-state index contributed by atoms with van der Waals surface area (Å²) in [5, 5.41) is 2.59. The van der Waals surface area contributed by atoms with Gasteiger partial charge in [0.25, 0.3) is 0 Å². The lowest BCUT2D eigenvalue weighted by Gasteiger charge is -2.01. The molecule has 1 N–H and O–H groups in total. The van der Waals surface area contributed by atoms with Crippen LogP contribution in [0.4, 0.5) is 0 Å². The molecular formula is C9H10ClNOS2. The first-order valence-corrected chi connectivity index (χ1v) is 6.00. The van der Waals surface area contributed by atoms with E-state index >= 15 is 0 Å². The standard InChI is InChI=1S/C9H10ClNOS2/c1-2-3-4-8(11-14-12)9-7(10)5-6-13-9/h2,5-6,12H,1,3-4H2. The van der Waals surface area contributed by atoms with E-state index < -0.39 is 0 Å². The maximum Gasteiger partial charge on any atom is 0.133 e. The lowest BCUT2D eigenvalue weighted by molar-refractivity contribution is 0.665. The smallest absolute Gasteiger partial charge is 0.133 e. The number of nitrogens with zero attached hydrogens (tertiary/aromatic N) is 1. The number of hydrogen-bond acceptors (Lipinski definition) is 4. The summed E-state index contributed by atoms with van der Waals surface area (Å²) < 4.78 is 12.6. The molecule has 0 amide bonds. The summed E-state index contributed by atoms with van der Waals surface area (Å²) in [6.07, 6.45) is 3.39. The largest absolute Gasteiger partial charge is 0.311 e. The first-order chi connectivity index (χ1) is 6.79. The third-order valence-electron chi connectivity index (χ3n) is 1.62. The molecule has 0 aliphatic carbocycles. The zero-order valence-corrected chi connectivity index (χ0v) is 9.83. The van der Waals surface area contributed by atoms with E-state index in [0.29, 0.717) is 17.3 Å². The molecule has 0 saturated carbocycles. The molecule has 0 spiro atoms. The average molecular weight is 248 g/mol. The van der Waals surface area contributed by atoms with Crippen LogP contribution >= 0.6 is 35.2 Å². The fourth-order valence-electron chi connectivity index (χ4n) is 0.988. The first kappa shape index (κ1) is 11.8. The molecule has 1 aromatic rings. The van der Waals surface area contributed by atoms with E-state index in [9.17, 15) is 0 Å². The summed E-state index contributed by atoms with van der Waals surface area (Å²) in [5.74, 6) is 0. The lowest BCUT2D eigenvalue weighted by Crippen LogP contribution is -1.97. The third-order valence-corrected chi connectivity index (χ3v) is 3.31. The maximum atomic E-state index is 8.69. The van der Waals surface area contributed by atoms with Gasteiger partial charge in [-0.2, -0.15) is 4.40 Å². The zero-order valence-electron chi connectivity index (χ0n) is 7.44. The van der Waals surface area contributed by atoms with E-state index in [2.05, 4.69) is 11.0 Å². The highest BCUT2D eigenvalue weighted by molar-refractivity contribution is 7.92. The fraction of sp³-hybridized carbons (Fsp3) is 0.222. The molecule has 0 aromatic carbocycles. The van der Waals surface area contributed by atoms with Crippen LogP contribution in [-0.2, 0) is 0 Å². The van der Waals surface area contributed by atoms with Gasteiger partial charge < -0.3 is 4.55 Å². The van der Waals surface area contributed by atoms with Crippen molar-refractivity contribution in [2.24, 2.45) is 4.40 Å².